The fraction of sp³-hybridized carbons (Fsp3) is 0.350. The maximum Gasteiger partial charge on any atom is 0.319 e. The van der Waals surface area contributed by atoms with E-state index >= 15 is 0 Å². The van der Waals surface area contributed by atoms with E-state index in [0.717, 1.165) is 5.75 Å². The van der Waals surface area contributed by atoms with Gasteiger partial charge in [0.25, 0.3) is 0 Å². The second-order valence-corrected chi connectivity index (χ2v) is 7.22. The molecule has 0 saturated heterocycles. The minimum absolute atomic E-state index is 0.249. The van der Waals surface area contributed by atoms with Gasteiger partial charge in [0.1, 0.15) is 11.5 Å². The summed E-state index contributed by atoms with van der Waals surface area (Å²) in [6, 6.07) is 13.5. The Morgan fingerprint density at radius 3 is 2.50 bits per heavy atom. The molecule has 0 unspecified atom stereocenters. The molecule has 0 aliphatic carbocycles. The minimum atomic E-state index is -0.249. The lowest BCUT2D eigenvalue weighted by molar-refractivity contribution is 0.251. The van der Waals surface area contributed by atoms with Crippen molar-refractivity contribution < 1.29 is 14.3 Å². The van der Waals surface area contributed by atoms with Crippen LogP contribution in [-0.4, -0.2) is 32.5 Å². The highest BCUT2D eigenvalue weighted by Gasteiger charge is 2.10. The number of rotatable bonds is 8. The van der Waals surface area contributed by atoms with Crippen LogP contribution in [0, 0.1) is 12.8 Å². The van der Waals surface area contributed by atoms with Gasteiger partial charge >= 0.3 is 6.03 Å². The number of benzene rings is 2. The van der Waals surface area contributed by atoms with E-state index in [0.29, 0.717) is 29.6 Å². The highest BCUT2D eigenvalue weighted by Crippen LogP contribution is 2.28. The number of carbonyl (C=O) groups is 1. The summed E-state index contributed by atoms with van der Waals surface area (Å²) in [7, 11) is 3.15. The fourth-order valence-electron chi connectivity index (χ4n) is 2.27. The quantitative estimate of drug-likeness (QED) is 0.665. The zero-order valence-electron chi connectivity index (χ0n) is 15.7. The number of urea groups is 1. The predicted octanol–water partition coefficient (Wildman–Crippen LogP) is 4.56. The highest BCUT2D eigenvalue weighted by atomic mass is 32.2. The van der Waals surface area contributed by atoms with Gasteiger partial charge in [0, 0.05) is 23.3 Å². The molecule has 140 valence electrons. The third-order valence-electron chi connectivity index (χ3n) is 3.82. The lowest BCUT2D eigenvalue weighted by Gasteiger charge is -2.15. The van der Waals surface area contributed by atoms with Gasteiger partial charge in [-0.2, -0.15) is 0 Å². The number of hydrogen-bond donors (Lipinski definition) is 2. The van der Waals surface area contributed by atoms with Gasteiger partial charge in [0.05, 0.1) is 19.9 Å². The molecule has 2 rings (SSSR count). The molecule has 6 heteroatoms. The van der Waals surface area contributed by atoms with Gasteiger partial charge in [-0.05, 0) is 37.1 Å². The molecule has 1 atom stereocenters. The molecule has 0 aliphatic rings. The van der Waals surface area contributed by atoms with Crippen LogP contribution in [-0.2, 0) is 0 Å². The maximum atomic E-state index is 12.1. The first-order chi connectivity index (χ1) is 12.5. The number of amides is 2. The van der Waals surface area contributed by atoms with Crippen molar-refractivity contribution in [1.82, 2.24) is 5.32 Å². The topological polar surface area (TPSA) is 59.6 Å². The van der Waals surface area contributed by atoms with Gasteiger partial charge < -0.3 is 20.1 Å². The first-order valence-corrected chi connectivity index (χ1v) is 9.46. The number of nitrogens with one attached hydrogen (secondary N) is 2. The number of methoxy groups -OCH3 is 2. The fourth-order valence-corrected chi connectivity index (χ4v) is 3.19. The van der Waals surface area contributed by atoms with Crippen molar-refractivity contribution in [3.63, 3.8) is 0 Å². The van der Waals surface area contributed by atoms with Crippen molar-refractivity contribution in [3.8, 4) is 11.5 Å². The Hall–Kier alpha value is -2.34. The zero-order chi connectivity index (χ0) is 18.9. The predicted molar refractivity (Wildman–Crippen MR) is 108 cm³/mol. The van der Waals surface area contributed by atoms with Crippen LogP contribution in [0.4, 0.5) is 10.5 Å². The van der Waals surface area contributed by atoms with E-state index in [1.807, 2.05) is 0 Å². The monoisotopic (exact) mass is 374 g/mol. The molecule has 0 radical (unpaired) electrons. The van der Waals surface area contributed by atoms with Crippen LogP contribution >= 0.6 is 11.8 Å². The van der Waals surface area contributed by atoms with E-state index in [1.165, 1.54) is 10.5 Å². The van der Waals surface area contributed by atoms with Crippen molar-refractivity contribution in [1.29, 1.82) is 0 Å². The highest BCUT2D eigenvalue weighted by molar-refractivity contribution is 7.99. The lowest BCUT2D eigenvalue weighted by Crippen LogP contribution is -2.33. The zero-order valence-corrected chi connectivity index (χ0v) is 16.5. The summed E-state index contributed by atoms with van der Waals surface area (Å²) >= 11 is 1.80. The van der Waals surface area contributed by atoms with E-state index in [2.05, 4.69) is 48.7 Å². The molecule has 2 aromatic carbocycles. The van der Waals surface area contributed by atoms with Gasteiger partial charge in [0.2, 0.25) is 0 Å². The average molecular weight is 375 g/mol. The number of ether oxygens (including phenoxy) is 2. The van der Waals surface area contributed by atoms with Crippen LogP contribution in [0.15, 0.2) is 47.4 Å². The molecule has 0 heterocycles. The number of aryl methyl sites for hydroxylation is 1. The smallest absolute Gasteiger partial charge is 0.319 e. The Labute approximate surface area is 159 Å². The Morgan fingerprint density at radius 1 is 1.12 bits per heavy atom. The van der Waals surface area contributed by atoms with Crippen LogP contribution in [0.3, 0.4) is 0 Å². The van der Waals surface area contributed by atoms with E-state index in [1.54, 1.807) is 44.2 Å². The number of carbonyl (C=O) groups excluding carboxylic acids is 1. The van der Waals surface area contributed by atoms with Gasteiger partial charge in [-0.1, -0.05) is 24.6 Å². The van der Waals surface area contributed by atoms with E-state index in [9.17, 15) is 4.79 Å². The van der Waals surface area contributed by atoms with Crippen LogP contribution in [0.25, 0.3) is 0 Å². The van der Waals surface area contributed by atoms with Crippen molar-refractivity contribution >= 4 is 23.5 Å². The number of anilines is 1. The summed E-state index contributed by atoms with van der Waals surface area (Å²) in [6.07, 6.45) is 0. The summed E-state index contributed by atoms with van der Waals surface area (Å²) in [5, 5.41) is 5.72. The Bertz CT molecular complexity index is 719. The van der Waals surface area contributed by atoms with Gasteiger partial charge in [-0.3, -0.25) is 0 Å². The van der Waals surface area contributed by atoms with Crippen LogP contribution in [0.5, 0.6) is 11.5 Å². The Balaban J connectivity index is 1.78. The van der Waals surface area contributed by atoms with Crippen molar-refractivity contribution in [2.75, 3.05) is 31.8 Å². The van der Waals surface area contributed by atoms with Crippen LogP contribution in [0.1, 0.15) is 12.5 Å². The summed E-state index contributed by atoms with van der Waals surface area (Å²) in [6.45, 7) is 4.80. The number of hydrogen-bond acceptors (Lipinski definition) is 4. The SMILES string of the molecule is COc1ccc(NC(=O)NC[C@H](C)CSc2ccc(C)cc2)c(OC)c1. The van der Waals surface area contributed by atoms with Gasteiger partial charge in [-0.15, -0.1) is 11.8 Å². The van der Waals surface area contributed by atoms with Crippen molar-refractivity contribution in [2.24, 2.45) is 5.92 Å². The lowest BCUT2D eigenvalue weighted by atomic mass is 10.2. The molecule has 0 aliphatic heterocycles. The molecular formula is C20H26N2O3S. The van der Waals surface area contributed by atoms with Gasteiger partial charge in [-0.25, -0.2) is 4.79 Å². The third-order valence-corrected chi connectivity index (χ3v) is 5.16. The molecule has 0 spiro atoms. The van der Waals surface area contributed by atoms with Crippen molar-refractivity contribution in [3.05, 3.63) is 48.0 Å². The molecular weight excluding hydrogens is 348 g/mol. The van der Waals surface area contributed by atoms with Crippen molar-refractivity contribution in [2.45, 2.75) is 18.7 Å². The molecule has 5 nitrogen and oxygen atoms in total. The Kier molecular flexibility index (Phi) is 7.66. The molecule has 2 N–H and O–H groups in total. The molecule has 26 heavy (non-hydrogen) atoms. The first-order valence-electron chi connectivity index (χ1n) is 8.48. The molecule has 2 amide bonds. The first kappa shape index (κ1) is 20.0. The minimum Gasteiger partial charge on any atom is -0.497 e. The molecule has 2 aromatic rings. The van der Waals surface area contributed by atoms with Crippen LogP contribution < -0.4 is 20.1 Å². The molecule has 0 fully saturated rings. The largest absolute Gasteiger partial charge is 0.497 e. The molecule has 0 aromatic heterocycles. The molecule has 0 bridgehead atoms. The summed E-state index contributed by atoms with van der Waals surface area (Å²) in [5.74, 6) is 2.52. The number of thioether (sulfide) groups is 1. The Morgan fingerprint density at radius 2 is 1.85 bits per heavy atom. The second kappa shape index (κ2) is 9.97. The average Bonchev–Trinajstić information content (AvgIpc) is 2.66. The molecule has 0 saturated carbocycles. The second-order valence-electron chi connectivity index (χ2n) is 6.13. The standard InChI is InChI=1S/C20H26N2O3S/c1-14-5-8-17(9-6-14)26-13-15(2)12-21-20(23)22-18-10-7-16(24-3)11-19(18)25-4/h5-11,15H,12-13H2,1-4H3,(H2,21,22,23)/t15-/m0/s1. The summed E-state index contributed by atoms with van der Waals surface area (Å²) < 4.78 is 10.4. The van der Waals surface area contributed by atoms with E-state index < -0.39 is 0 Å². The van der Waals surface area contributed by atoms with Gasteiger partial charge in [0.15, 0.2) is 0 Å². The normalized spacial score (nSPS) is 11.5. The maximum absolute atomic E-state index is 12.1. The van der Waals surface area contributed by atoms with E-state index in [-0.39, 0.29) is 6.03 Å². The summed E-state index contributed by atoms with van der Waals surface area (Å²) in [4.78, 5) is 13.4. The third kappa shape index (κ3) is 6.19. The van der Waals surface area contributed by atoms with E-state index in [4.69, 9.17) is 9.47 Å². The van der Waals surface area contributed by atoms with Crippen LogP contribution in [0.2, 0.25) is 0 Å². The summed E-state index contributed by atoms with van der Waals surface area (Å²) in [5.41, 5.74) is 1.86.